The van der Waals surface area contributed by atoms with Crippen LogP contribution < -0.4 is 0 Å². The molecule has 11 heavy (non-hydrogen) atoms. The number of halogens is 1. The second-order valence-electron chi connectivity index (χ2n) is 2.80. The van der Waals surface area contributed by atoms with Crippen molar-refractivity contribution in [2.75, 3.05) is 0 Å². The van der Waals surface area contributed by atoms with E-state index in [2.05, 4.69) is 46.3 Å². The van der Waals surface area contributed by atoms with E-state index in [-0.39, 0.29) is 0 Å². The molecule has 0 aromatic heterocycles. The predicted molar refractivity (Wildman–Crippen MR) is 53.2 cm³/mol. The lowest BCUT2D eigenvalue weighted by molar-refractivity contribution is 1.38. The lowest BCUT2D eigenvalue weighted by atomic mass is 10.4. The van der Waals surface area contributed by atoms with Gasteiger partial charge in [0.05, 0.1) is 3.66 Å². The molecular weight excluding hydrogens is 220 g/mol. The molecule has 1 aliphatic carbocycles. The van der Waals surface area contributed by atoms with E-state index < -0.39 is 0 Å². The summed E-state index contributed by atoms with van der Waals surface area (Å²) in [7, 11) is 0. The number of rotatable bonds is 2. The first kappa shape index (κ1) is 7.69. The van der Waals surface area contributed by atoms with Crippen molar-refractivity contribution in [1.82, 2.24) is 0 Å². The lowest BCUT2D eigenvalue weighted by Crippen LogP contribution is -1.85. The monoisotopic (exact) mass is 228 g/mol. The predicted octanol–water partition coefficient (Wildman–Crippen LogP) is 3.66. The Labute approximate surface area is 79.5 Å². The van der Waals surface area contributed by atoms with E-state index in [1.54, 1.807) is 0 Å². The minimum Gasteiger partial charge on any atom is -0.108 e. The molecule has 58 valence electrons. The fraction of sp³-hybridized carbons (Fsp3) is 0.333. The van der Waals surface area contributed by atoms with Gasteiger partial charge in [0.2, 0.25) is 0 Å². The summed E-state index contributed by atoms with van der Waals surface area (Å²) < 4.78 is 0.383. The second-order valence-corrected chi connectivity index (χ2v) is 6.30. The average molecular weight is 229 g/mol. The third-order valence-electron chi connectivity index (χ3n) is 1.69. The molecule has 0 unspecified atom stereocenters. The van der Waals surface area contributed by atoms with Crippen LogP contribution >= 0.6 is 27.7 Å². The van der Waals surface area contributed by atoms with Crippen molar-refractivity contribution < 1.29 is 0 Å². The minimum atomic E-state index is 0.383. The van der Waals surface area contributed by atoms with Crippen LogP contribution in [0.25, 0.3) is 0 Å². The van der Waals surface area contributed by atoms with Gasteiger partial charge in [-0.15, -0.1) is 11.8 Å². The summed E-state index contributed by atoms with van der Waals surface area (Å²) in [5.74, 6) is 0. The van der Waals surface area contributed by atoms with Crippen molar-refractivity contribution in [3.05, 3.63) is 30.3 Å². The van der Waals surface area contributed by atoms with Gasteiger partial charge in [0.25, 0.3) is 0 Å². The highest BCUT2D eigenvalue weighted by Crippen LogP contribution is 2.56. The van der Waals surface area contributed by atoms with Crippen LogP contribution in [0.15, 0.2) is 35.2 Å². The first-order valence-corrected chi connectivity index (χ1v) is 5.32. The molecule has 0 heterocycles. The van der Waals surface area contributed by atoms with Gasteiger partial charge in [0.15, 0.2) is 0 Å². The molecule has 0 nitrogen and oxygen atoms in total. The number of thioether (sulfide) groups is 1. The van der Waals surface area contributed by atoms with E-state index >= 15 is 0 Å². The van der Waals surface area contributed by atoms with Crippen LogP contribution in [0.4, 0.5) is 0 Å². The molecule has 0 radical (unpaired) electrons. The van der Waals surface area contributed by atoms with Crippen LogP contribution in [0.3, 0.4) is 0 Å². The van der Waals surface area contributed by atoms with Crippen molar-refractivity contribution >= 4 is 27.7 Å². The highest BCUT2D eigenvalue weighted by molar-refractivity contribution is 9.12. The van der Waals surface area contributed by atoms with Crippen molar-refractivity contribution in [1.29, 1.82) is 0 Å². The van der Waals surface area contributed by atoms with Crippen molar-refractivity contribution in [2.24, 2.45) is 0 Å². The Morgan fingerprint density at radius 1 is 1.18 bits per heavy atom. The summed E-state index contributed by atoms with van der Waals surface area (Å²) in [6.45, 7) is 0. The van der Waals surface area contributed by atoms with Gasteiger partial charge < -0.3 is 0 Å². The summed E-state index contributed by atoms with van der Waals surface area (Å²) in [4.78, 5) is 1.36. The Hall–Kier alpha value is 0.0500. The minimum absolute atomic E-state index is 0.383. The quantitative estimate of drug-likeness (QED) is 0.697. The Kier molecular flexibility index (Phi) is 1.98. The van der Waals surface area contributed by atoms with Crippen LogP contribution in [0.2, 0.25) is 0 Å². The van der Waals surface area contributed by atoms with Gasteiger partial charge in [-0.1, -0.05) is 34.1 Å². The maximum atomic E-state index is 3.69. The summed E-state index contributed by atoms with van der Waals surface area (Å²) in [6, 6.07) is 10.5. The van der Waals surface area contributed by atoms with Gasteiger partial charge in [-0.2, -0.15) is 0 Å². The van der Waals surface area contributed by atoms with E-state index in [4.69, 9.17) is 0 Å². The molecule has 1 fully saturated rings. The first-order valence-electron chi connectivity index (χ1n) is 3.72. The van der Waals surface area contributed by atoms with Crippen LogP contribution in [-0.2, 0) is 0 Å². The van der Waals surface area contributed by atoms with Gasteiger partial charge in [0, 0.05) is 4.90 Å². The summed E-state index contributed by atoms with van der Waals surface area (Å²) in [6.07, 6.45) is 2.60. The SMILES string of the molecule is BrC1(Sc2ccccc2)CC1. The summed E-state index contributed by atoms with van der Waals surface area (Å²) >= 11 is 5.62. The average Bonchev–Trinajstić information content (AvgIpc) is 2.70. The molecule has 0 N–H and O–H groups in total. The van der Waals surface area contributed by atoms with E-state index in [9.17, 15) is 0 Å². The summed E-state index contributed by atoms with van der Waals surface area (Å²) in [5, 5.41) is 0. The van der Waals surface area contributed by atoms with Gasteiger partial charge in [-0.05, 0) is 25.0 Å². The van der Waals surface area contributed by atoms with Gasteiger partial charge in [0.1, 0.15) is 0 Å². The zero-order chi connectivity index (χ0) is 7.73. The fourth-order valence-electron chi connectivity index (χ4n) is 0.900. The Morgan fingerprint density at radius 3 is 2.36 bits per heavy atom. The van der Waals surface area contributed by atoms with Crippen LogP contribution in [-0.4, -0.2) is 3.66 Å². The van der Waals surface area contributed by atoms with E-state index in [0.717, 1.165) is 0 Å². The molecule has 0 amide bonds. The molecule has 1 aromatic carbocycles. The van der Waals surface area contributed by atoms with Gasteiger partial charge in [-0.25, -0.2) is 0 Å². The molecule has 2 heteroatoms. The molecule has 2 rings (SSSR count). The highest BCUT2D eigenvalue weighted by Gasteiger charge is 2.40. The molecule has 0 atom stereocenters. The molecule has 0 saturated heterocycles. The molecule has 0 bridgehead atoms. The lowest BCUT2D eigenvalue weighted by Gasteiger charge is -2.04. The topological polar surface area (TPSA) is 0 Å². The fourth-order valence-corrected chi connectivity index (χ4v) is 2.68. The maximum Gasteiger partial charge on any atom is 0.0757 e. The first-order chi connectivity index (χ1) is 5.29. The third kappa shape index (κ3) is 2.00. The van der Waals surface area contributed by atoms with E-state index in [0.29, 0.717) is 3.66 Å². The maximum absolute atomic E-state index is 3.69. The number of hydrogen-bond donors (Lipinski definition) is 0. The third-order valence-corrected chi connectivity index (χ3v) is 4.25. The molecule has 1 aliphatic rings. The molecule has 0 spiro atoms. The summed E-state index contributed by atoms with van der Waals surface area (Å²) in [5.41, 5.74) is 0. The van der Waals surface area contributed by atoms with Gasteiger partial charge >= 0.3 is 0 Å². The smallest absolute Gasteiger partial charge is 0.0757 e. The number of hydrogen-bond acceptors (Lipinski definition) is 1. The molecule has 1 aromatic rings. The highest BCUT2D eigenvalue weighted by atomic mass is 79.9. The molecule has 0 aliphatic heterocycles. The standard InChI is InChI=1S/C9H9BrS/c10-9(6-7-9)11-8-4-2-1-3-5-8/h1-5H,6-7H2. The Bertz CT molecular complexity index is 241. The van der Waals surface area contributed by atoms with E-state index in [1.165, 1.54) is 17.7 Å². The Morgan fingerprint density at radius 2 is 1.82 bits per heavy atom. The second kappa shape index (κ2) is 2.83. The number of benzene rings is 1. The van der Waals surface area contributed by atoms with E-state index in [1.807, 2.05) is 11.8 Å². The van der Waals surface area contributed by atoms with Crippen LogP contribution in [0.1, 0.15) is 12.8 Å². The van der Waals surface area contributed by atoms with Crippen molar-refractivity contribution in [3.63, 3.8) is 0 Å². The van der Waals surface area contributed by atoms with Crippen LogP contribution in [0, 0.1) is 0 Å². The van der Waals surface area contributed by atoms with Crippen molar-refractivity contribution in [3.8, 4) is 0 Å². The van der Waals surface area contributed by atoms with Crippen LogP contribution in [0.5, 0.6) is 0 Å². The van der Waals surface area contributed by atoms with Crippen molar-refractivity contribution in [2.45, 2.75) is 21.4 Å². The Balaban J connectivity index is 2.07. The number of alkyl halides is 1. The van der Waals surface area contributed by atoms with Gasteiger partial charge in [-0.3, -0.25) is 0 Å². The molecular formula is C9H9BrS. The largest absolute Gasteiger partial charge is 0.108 e. The molecule has 1 saturated carbocycles. The zero-order valence-corrected chi connectivity index (χ0v) is 8.49. The normalized spacial score (nSPS) is 19.7. The zero-order valence-electron chi connectivity index (χ0n) is 6.09.